The van der Waals surface area contributed by atoms with Crippen LogP contribution in [0.4, 0.5) is 11.5 Å². The number of aliphatic hydroxyl groups is 1. The first-order chi connectivity index (χ1) is 10.3. The van der Waals surface area contributed by atoms with Crippen molar-refractivity contribution >= 4 is 17.4 Å². The molecule has 116 valence electrons. The molecule has 6 nitrogen and oxygen atoms in total. The fraction of sp³-hybridized carbons (Fsp3) is 0.600. The Kier molecular flexibility index (Phi) is 6.43. The highest BCUT2D eigenvalue weighted by atomic mass is 16.5. The third-order valence-electron chi connectivity index (χ3n) is 3.39. The SMILES string of the molecule is O=C(Nc1ccc(NCCCCCO)nc1)C1CCCO1. The van der Waals surface area contributed by atoms with E-state index in [-0.39, 0.29) is 18.6 Å². The zero-order chi connectivity index (χ0) is 14.9. The van der Waals surface area contributed by atoms with Gasteiger partial charge in [0, 0.05) is 19.8 Å². The molecule has 1 fully saturated rings. The summed E-state index contributed by atoms with van der Waals surface area (Å²) in [6.45, 7) is 1.74. The van der Waals surface area contributed by atoms with Crippen molar-refractivity contribution in [3.05, 3.63) is 18.3 Å². The Morgan fingerprint density at radius 1 is 1.38 bits per heavy atom. The summed E-state index contributed by atoms with van der Waals surface area (Å²) >= 11 is 0. The molecule has 0 aromatic carbocycles. The zero-order valence-corrected chi connectivity index (χ0v) is 12.2. The fourth-order valence-corrected chi connectivity index (χ4v) is 2.21. The van der Waals surface area contributed by atoms with E-state index in [2.05, 4.69) is 15.6 Å². The molecule has 1 atom stereocenters. The van der Waals surface area contributed by atoms with Gasteiger partial charge in [-0.2, -0.15) is 0 Å². The average molecular weight is 293 g/mol. The molecule has 1 aliphatic heterocycles. The van der Waals surface area contributed by atoms with Crippen molar-refractivity contribution in [3.8, 4) is 0 Å². The summed E-state index contributed by atoms with van der Waals surface area (Å²) in [4.78, 5) is 16.1. The van der Waals surface area contributed by atoms with Crippen LogP contribution in [-0.4, -0.2) is 41.9 Å². The van der Waals surface area contributed by atoms with E-state index in [1.54, 1.807) is 6.20 Å². The Bertz CT molecular complexity index is 430. The lowest BCUT2D eigenvalue weighted by Crippen LogP contribution is -2.26. The van der Waals surface area contributed by atoms with E-state index in [1.165, 1.54) is 0 Å². The van der Waals surface area contributed by atoms with E-state index < -0.39 is 0 Å². The van der Waals surface area contributed by atoms with Gasteiger partial charge < -0.3 is 20.5 Å². The van der Waals surface area contributed by atoms with Crippen molar-refractivity contribution in [1.82, 2.24) is 4.98 Å². The van der Waals surface area contributed by atoms with E-state index in [0.717, 1.165) is 44.5 Å². The van der Waals surface area contributed by atoms with Crippen molar-refractivity contribution in [2.24, 2.45) is 0 Å². The van der Waals surface area contributed by atoms with Gasteiger partial charge >= 0.3 is 0 Å². The Morgan fingerprint density at radius 3 is 2.95 bits per heavy atom. The van der Waals surface area contributed by atoms with Gasteiger partial charge in [0.25, 0.3) is 5.91 Å². The molecule has 0 aliphatic carbocycles. The van der Waals surface area contributed by atoms with Crippen LogP contribution in [0.25, 0.3) is 0 Å². The summed E-state index contributed by atoms with van der Waals surface area (Å²) in [5, 5.41) is 14.7. The first-order valence-electron chi connectivity index (χ1n) is 7.53. The van der Waals surface area contributed by atoms with Gasteiger partial charge in [0.2, 0.25) is 0 Å². The predicted octanol–water partition coefficient (Wildman–Crippen LogP) is 1.77. The van der Waals surface area contributed by atoms with Gasteiger partial charge in [0.05, 0.1) is 11.9 Å². The number of rotatable bonds is 8. The summed E-state index contributed by atoms with van der Waals surface area (Å²) in [6, 6.07) is 3.67. The third kappa shape index (κ3) is 5.32. The number of pyridine rings is 1. The van der Waals surface area contributed by atoms with E-state index in [1.807, 2.05) is 12.1 Å². The molecule has 0 radical (unpaired) electrons. The lowest BCUT2D eigenvalue weighted by atomic mass is 10.2. The maximum atomic E-state index is 11.9. The molecule has 6 heteroatoms. The van der Waals surface area contributed by atoms with Crippen LogP contribution in [0.1, 0.15) is 32.1 Å². The monoisotopic (exact) mass is 293 g/mol. The largest absolute Gasteiger partial charge is 0.396 e. The van der Waals surface area contributed by atoms with E-state index in [0.29, 0.717) is 12.3 Å². The molecule has 1 amide bonds. The first-order valence-corrected chi connectivity index (χ1v) is 7.53. The highest BCUT2D eigenvalue weighted by Crippen LogP contribution is 2.15. The Hall–Kier alpha value is -1.66. The number of unbranched alkanes of at least 4 members (excludes halogenated alkanes) is 2. The maximum Gasteiger partial charge on any atom is 0.253 e. The number of nitrogens with zero attached hydrogens (tertiary/aromatic N) is 1. The molecule has 2 rings (SSSR count). The van der Waals surface area contributed by atoms with E-state index >= 15 is 0 Å². The van der Waals surface area contributed by atoms with E-state index in [9.17, 15) is 4.79 Å². The summed E-state index contributed by atoms with van der Waals surface area (Å²) in [5.74, 6) is 0.688. The van der Waals surface area contributed by atoms with Crippen LogP contribution in [0, 0.1) is 0 Å². The summed E-state index contributed by atoms with van der Waals surface area (Å²) in [6.07, 6.45) is 5.88. The first kappa shape index (κ1) is 15.7. The van der Waals surface area contributed by atoms with Crippen LogP contribution in [0.2, 0.25) is 0 Å². The van der Waals surface area contributed by atoms with Gasteiger partial charge in [-0.15, -0.1) is 0 Å². The molecule has 0 spiro atoms. The van der Waals surface area contributed by atoms with Gasteiger partial charge in [0.15, 0.2) is 0 Å². The van der Waals surface area contributed by atoms with E-state index in [4.69, 9.17) is 9.84 Å². The maximum absolute atomic E-state index is 11.9. The minimum atomic E-state index is -0.325. The van der Waals surface area contributed by atoms with Crippen LogP contribution in [0.5, 0.6) is 0 Å². The van der Waals surface area contributed by atoms with Gasteiger partial charge in [-0.1, -0.05) is 0 Å². The highest BCUT2D eigenvalue weighted by molar-refractivity contribution is 5.94. The normalized spacial score (nSPS) is 17.7. The lowest BCUT2D eigenvalue weighted by molar-refractivity contribution is -0.124. The molecule has 3 N–H and O–H groups in total. The molecule has 0 bridgehead atoms. The number of amides is 1. The molecule has 2 heterocycles. The molecule has 21 heavy (non-hydrogen) atoms. The van der Waals surface area contributed by atoms with Gasteiger partial charge in [0.1, 0.15) is 11.9 Å². The van der Waals surface area contributed by atoms with Crippen molar-refractivity contribution in [3.63, 3.8) is 0 Å². The van der Waals surface area contributed by atoms with Crippen LogP contribution < -0.4 is 10.6 Å². The molecule has 0 saturated carbocycles. The van der Waals surface area contributed by atoms with Crippen LogP contribution in [0.3, 0.4) is 0 Å². The number of hydrogen-bond acceptors (Lipinski definition) is 5. The van der Waals surface area contributed by atoms with Crippen LogP contribution >= 0.6 is 0 Å². The number of aromatic nitrogens is 1. The Balaban J connectivity index is 1.72. The molecular formula is C15H23N3O3. The standard InChI is InChI=1S/C15H23N3O3/c19-9-3-1-2-8-16-14-7-6-12(11-17-14)18-15(20)13-5-4-10-21-13/h6-7,11,13,19H,1-5,8-10H2,(H,16,17)(H,18,20). The number of aliphatic hydroxyl groups excluding tert-OH is 1. The van der Waals surface area contributed by atoms with Gasteiger partial charge in [-0.3, -0.25) is 4.79 Å². The van der Waals surface area contributed by atoms with Crippen LogP contribution in [0.15, 0.2) is 18.3 Å². The number of ether oxygens (including phenoxy) is 1. The zero-order valence-electron chi connectivity index (χ0n) is 12.2. The number of carbonyl (C=O) groups is 1. The van der Waals surface area contributed by atoms with Crippen LogP contribution in [-0.2, 0) is 9.53 Å². The fourth-order valence-electron chi connectivity index (χ4n) is 2.21. The molecular weight excluding hydrogens is 270 g/mol. The topological polar surface area (TPSA) is 83.5 Å². The summed E-state index contributed by atoms with van der Waals surface area (Å²) < 4.78 is 5.33. The van der Waals surface area contributed by atoms with Gasteiger partial charge in [-0.05, 0) is 44.2 Å². The Labute approximate surface area is 124 Å². The van der Waals surface area contributed by atoms with Crippen molar-refractivity contribution in [2.75, 3.05) is 30.4 Å². The third-order valence-corrected chi connectivity index (χ3v) is 3.39. The second-order valence-corrected chi connectivity index (χ2v) is 5.13. The summed E-state index contributed by atoms with van der Waals surface area (Å²) in [7, 11) is 0. The number of nitrogens with one attached hydrogen (secondary N) is 2. The summed E-state index contributed by atoms with van der Waals surface area (Å²) in [5.41, 5.74) is 0.682. The molecule has 1 unspecified atom stereocenters. The smallest absolute Gasteiger partial charge is 0.253 e. The highest BCUT2D eigenvalue weighted by Gasteiger charge is 2.23. The lowest BCUT2D eigenvalue weighted by Gasteiger charge is -2.11. The second-order valence-electron chi connectivity index (χ2n) is 5.13. The second kappa shape index (κ2) is 8.59. The molecule has 1 aromatic heterocycles. The Morgan fingerprint density at radius 2 is 2.29 bits per heavy atom. The minimum Gasteiger partial charge on any atom is -0.396 e. The number of carbonyl (C=O) groups excluding carboxylic acids is 1. The van der Waals surface area contributed by atoms with Crippen molar-refractivity contribution < 1.29 is 14.6 Å². The van der Waals surface area contributed by atoms with Crippen molar-refractivity contribution in [1.29, 1.82) is 0 Å². The number of hydrogen-bond donors (Lipinski definition) is 3. The quantitative estimate of drug-likeness (QED) is 0.636. The minimum absolute atomic E-state index is 0.0981. The van der Waals surface area contributed by atoms with Gasteiger partial charge in [-0.25, -0.2) is 4.98 Å². The molecule has 1 aromatic rings. The molecule has 1 aliphatic rings. The predicted molar refractivity (Wildman–Crippen MR) is 81.3 cm³/mol. The molecule has 1 saturated heterocycles. The van der Waals surface area contributed by atoms with Crippen molar-refractivity contribution in [2.45, 2.75) is 38.2 Å². The number of anilines is 2. The average Bonchev–Trinajstić information content (AvgIpc) is 3.03.